The average Bonchev–Trinajstić information content (AvgIpc) is 2.70. The summed E-state index contributed by atoms with van der Waals surface area (Å²) >= 11 is 0. The van der Waals surface area contributed by atoms with Crippen LogP contribution >= 0.6 is 0 Å². The number of nitrogens with one attached hydrogen (secondary N) is 1. The van der Waals surface area contributed by atoms with Gasteiger partial charge in [0.1, 0.15) is 17.3 Å². The van der Waals surface area contributed by atoms with Crippen LogP contribution in [0.2, 0.25) is 0 Å². The molecule has 6 nitrogen and oxygen atoms in total. The number of hydrogen-bond donors (Lipinski definition) is 1. The minimum absolute atomic E-state index is 0.0569. The average molecular weight is 382 g/mol. The first-order chi connectivity index (χ1) is 13.6. The third-order valence-electron chi connectivity index (χ3n) is 4.24. The van der Waals surface area contributed by atoms with Gasteiger partial charge in [0.15, 0.2) is 0 Å². The summed E-state index contributed by atoms with van der Waals surface area (Å²) in [5.41, 5.74) is 1.07. The molecular formula is C21H23FN4O2. The second-order valence-electron chi connectivity index (χ2n) is 6.38. The Morgan fingerprint density at radius 2 is 1.82 bits per heavy atom. The second kappa shape index (κ2) is 9.14. The van der Waals surface area contributed by atoms with Crippen LogP contribution in [0.3, 0.4) is 0 Å². The molecule has 0 fully saturated rings. The van der Waals surface area contributed by atoms with Gasteiger partial charge in [-0.05, 0) is 44.4 Å². The van der Waals surface area contributed by atoms with E-state index >= 15 is 0 Å². The molecule has 146 valence electrons. The van der Waals surface area contributed by atoms with Gasteiger partial charge in [-0.1, -0.05) is 18.2 Å². The fourth-order valence-electron chi connectivity index (χ4n) is 2.81. The lowest BCUT2D eigenvalue weighted by Crippen LogP contribution is -2.27. The van der Waals surface area contributed by atoms with Crippen LogP contribution in [0.5, 0.6) is 17.4 Å². The van der Waals surface area contributed by atoms with Crippen molar-refractivity contribution in [2.24, 2.45) is 0 Å². The van der Waals surface area contributed by atoms with Gasteiger partial charge >= 0.3 is 0 Å². The Labute approximate surface area is 164 Å². The molecule has 0 saturated heterocycles. The molecule has 1 atom stereocenters. The number of halogens is 1. The summed E-state index contributed by atoms with van der Waals surface area (Å²) in [6.45, 7) is 0.577. The Kier molecular flexibility index (Phi) is 6.39. The number of aromatic nitrogens is 2. The van der Waals surface area contributed by atoms with Gasteiger partial charge in [0.2, 0.25) is 11.8 Å². The van der Waals surface area contributed by atoms with Crippen LogP contribution < -0.4 is 14.8 Å². The highest BCUT2D eigenvalue weighted by molar-refractivity contribution is 5.38. The van der Waals surface area contributed by atoms with Crippen LogP contribution in [0.15, 0.2) is 60.8 Å². The zero-order chi connectivity index (χ0) is 19.9. The number of hydrogen-bond acceptors (Lipinski definition) is 6. The quantitative estimate of drug-likeness (QED) is 0.632. The molecule has 7 heteroatoms. The van der Waals surface area contributed by atoms with E-state index in [1.807, 2.05) is 38.4 Å². The molecule has 2 aromatic carbocycles. The number of methoxy groups -OCH3 is 1. The van der Waals surface area contributed by atoms with Crippen LogP contribution in [-0.2, 0) is 0 Å². The molecule has 0 aliphatic carbocycles. The van der Waals surface area contributed by atoms with Crippen molar-refractivity contribution in [3.8, 4) is 17.4 Å². The monoisotopic (exact) mass is 382 g/mol. The highest BCUT2D eigenvalue weighted by atomic mass is 19.1. The molecule has 0 aliphatic rings. The standard InChI is InChI=1S/C21H23FN4O2/c1-26(2)18(17-6-4-5-7-19(17)27-3)14-24-21-23-13-12-20(25-21)28-16-10-8-15(22)9-11-16/h4-13,18H,14H2,1-3H3,(H,23,24,25). The second-order valence-corrected chi connectivity index (χ2v) is 6.38. The van der Waals surface area contributed by atoms with Gasteiger partial charge in [0.25, 0.3) is 0 Å². The normalized spacial score (nSPS) is 11.9. The Hall–Kier alpha value is -3.19. The van der Waals surface area contributed by atoms with E-state index in [9.17, 15) is 4.39 Å². The summed E-state index contributed by atoms with van der Waals surface area (Å²) in [5.74, 6) is 1.84. The van der Waals surface area contributed by atoms with E-state index in [4.69, 9.17) is 9.47 Å². The van der Waals surface area contributed by atoms with Gasteiger partial charge in [0.05, 0.1) is 13.2 Å². The molecule has 0 bridgehead atoms. The molecular weight excluding hydrogens is 359 g/mol. The predicted molar refractivity (Wildman–Crippen MR) is 106 cm³/mol. The Bertz CT molecular complexity index is 903. The molecule has 28 heavy (non-hydrogen) atoms. The number of para-hydroxylation sites is 1. The van der Waals surface area contributed by atoms with Gasteiger partial charge in [0, 0.05) is 24.4 Å². The van der Waals surface area contributed by atoms with E-state index < -0.39 is 0 Å². The minimum atomic E-state index is -0.316. The molecule has 0 aliphatic heterocycles. The molecule has 1 unspecified atom stereocenters. The molecule has 0 amide bonds. The molecule has 0 spiro atoms. The number of nitrogens with zero attached hydrogens (tertiary/aromatic N) is 3. The van der Waals surface area contributed by atoms with Crippen molar-refractivity contribution < 1.29 is 13.9 Å². The van der Waals surface area contributed by atoms with Crippen molar-refractivity contribution in [1.82, 2.24) is 14.9 Å². The minimum Gasteiger partial charge on any atom is -0.496 e. The first kappa shape index (κ1) is 19.6. The first-order valence-corrected chi connectivity index (χ1v) is 8.86. The lowest BCUT2D eigenvalue weighted by atomic mass is 10.0. The van der Waals surface area contributed by atoms with E-state index in [2.05, 4.69) is 20.2 Å². The highest BCUT2D eigenvalue weighted by Gasteiger charge is 2.18. The van der Waals surface area contributed by atoms with E-state index in [1.165, 1.54) is 12.1 Å². The van der Waals surface area contributed by atoms with E-state index in [0.717, 1.165) is 11.3 Å². The fraction of sp³-hybridized carbons (Fsp3) is 0.238. The molecule has 1 aromatic heterocycles. The zero-order valence-electron chi connectivity index (χ0n) is 16.1. The van der Waals surface area contributed by atoms with E-state index in [-0.39, 0.29) is 11.9 Å². The fourth-order valence-corrected chi connectivity index (χ4v) is 2.81. The first-order valence-electron chi connectivity index (χ1n) is 8.86. The summed E-state index contributed by atoms with van der Waals surface area (Å²) < 4.78 is 24.2. The van der Waals surface area contributed by atoms with Crippen LogP contribution in [0, 0.1) is 5.82 Å². The highest BCUT2D eigenvalue weighted by Crippen LogP contribution is 2.28. The summed E-state index contributed by atoms with van der Waals surface area (Å²) in [6, 6.07) is 15.4. The Morgan fingerprint density at radius 1 is 1.07 bits per heavy atom. The third-order valence-corrected chi connectivity index (χ3v) is 4.24. The van der Waals surface area contributed by atoms with Crippen LogP contribution in [0.25, 0.3) is 0 Å². The lowest BCUT2D eigenvalue weighted by molar-refractivity contribution is 0.299. The number of anilines is 1. The summed E-state index contributed by atoms with van der Waals surface area (Å²) in [5, 5.41) is 3.25. The summed E-state index contributed by atoms with van der Waals surface area (Å²) in [7, 11) is 5.68. The number of benzene rings is 2. The molecule has 0 radical (unpaired) electrons. The maximum absolute atomic E-state index is 13.0. The van der Waals surface area contributed by atoms with Gasteiger partial charge in [-0.15, -0.1) is 0 Å². The van der Waals surface area contributed by atoms with E-state index in [0.29, 0.717) is 24.1 Å². The topological polar surface area (TPSA) is 59.5 Å². The smallest absolute Gasteiger partial charge is 0.226 e. The van der Waals surface area contributed by atoms with E-state index in [1.54, 1.807) is 31.5 Å². The largest absolute Gasteiger partial charge is 0.496 e. The van der Waals surface area contributed by atoms with Gasteiger partial charge in [-0.2, -0.15) is 4.98 Å². The van der Waals surface area contributed by atoms with Gasteiger partial charge in [-0.3, -0.25) is 0 Å². The summed E-state index contributed by atoms with van der Waals surface area (Å²) in [6.07, 6.45) is 1.61. The van der Waals surface area contributed by atoms with Gasteiger partial charge in [-0.25, -0.2) is 9.37 Å². The molecule has 1 N–H and O–H groups in total. The van der Waals surface area contributed by atoms with Crippen molar-refractivity contribution in [1.29, 1.82) is 0 Å². The van der Waals surface area contributed by atoms with Crippen LogP contribution in [-0.4, -0.2) is 42.6 Å². The van der Waals surface area contributed by atoms with Crippen molar-refractivity contribution in [3.05, 3.63) is 72.2 Å². The molecule has 0 saturated carbocycles. The van der Waals surface area contributed by atoms with Crippen LogP contribution in [0.4, 0.5) is 10.3 Å². The van der Waals surface area contributed by atoms with Crippen LogP contribution in [0.1, 0.15) is 11.6 Å². The van der Waals surface area contributed by atoms with Crippen molar-refractivity contribution in [2.75, 3.05) is 33.1 Å². The maximum atomic E-state index is 13.0. The van der Waals surface area contributed by atoms with Crippen molar-refractivity contribution in [3.63, 3.8) is 0 Å². The number of ether oxygens (including phenoxy) is 2. The Balaban J connectivity index is 1.71. The predicted octanol–water partition coefficient (Wildman–Crippen LogP) is 4.13. The van der Waals surface area contributed by atoms with Crippen molar-refractivity contribution >= 4 is 5.95 Å². The summed E-state index contributed by atoms with van der Waals surface area (Å²) in [4.78, 5) is 10.7. The number of rotatable bonds is 8. The number of likely N-dealkylation sites (N-methyl/N-ethyl adjacent to an activating group) is 1. The third kappa shape index (κ3) is 4.95. The molecule has 1 heterocycles. The van der Waals surface area contributed by atoms with Gasteiger partial charge < -0.3 is 19.7 Å². The maximum Gasteiger partial charge on any atom is 0.226 e. The molecule has 3 rings (SSSR count). The Morgan fingerprint density at radius 3 is 2.54 bits per heavy atom. The van der Waals surface area contributed by atoms with Crippen molar-refractivity contribution in [2.45, 2.75) is 6.04 Å². The zero-order valence-corrected chi connectivity index (χ0v) is 16.1. The SMILES string of the molecule is COc1ccccc1C(CNc1nccc(Oc2ccc(F)cc2)n1)N(C)C. The molecule has 3 aromatic rings. The lowest BCUT2D eigenvalue weighted by Gasteiger charge is -2.26.